The zero-order chi connectivity index (χ0) is 20.1. The van der Waals surface area contributed by atoms with E-state index < -0.39 is 22.6 Å². The minimum atomic E-state index is -1.01. The monoisotopic (exact) mass is 416 g/mol. The Kier molecular flexibility index (Phi) is 6.33. The Bertz CT molecular complexity index is 1030. The minimum absolute atomic E-state index is 0.324. The second kappa shape index (κ2) is 8.90. The first-order valence-electron chi connectivity index (χ1n) is 8.28. The van der Waals surface area contributed by atoms with Crippen LogP contribution in [0.3, 0.4) is 0 Å². The minimum Gasteiger partial charge on any atom is -0.267 e. The largest absolute Gasteiger partial charge is 0.279 e. The number of carbonyl (C=O) groups excluding carboxylic acids is 2. The summed E-state index contributed by atoms with van der Waals surface area (Å²) in [6.07, 6.45) is 1.59. The van der Waals surface area contributed by atoms with Crippen LogP contribution in [0.25, 0.3) is 10.4 Å². The van der Waals surface area contributed by atoms with Crippen LogP contribution in [-0.2, 0) is 16.6 Å². The molecule has 0 bridgehead atoms. The van der Waals surface area contributed by atoms with Crippen molar-refractivity contribution in [1.82, 2.24) is 10.9 Å². The molecule has 3 aromatic rings. The molecule has 8 heteroatoms. The van der Waals surface area contributed by atoms with Crippen LogP contribution < -0.4 is 10.9 Å². The summed E-state index contributed by atoms with van der Waals surface area (Å²) in [5.41, 5.74) is 6.71. The highest BCUT2D eigenvalue weighted by Crippen LogP contribution is 2.28. The molecule has 2 aromatic carbocycles. The number of hydrogen-bond acceptors (Lipinski definition) is 4. The smallest absolute Gasteiger partial charge is 0.267 e. The van der Waals surface area contributed by atoms with E-state index in [1.54, 1.807) is 54.8 Å². The lowest BCUT2D eigenvalue weighted by Gasteiger charge is -2.07. The van der Waals surface area contributed by atoms with Crippen LogP contribution >= 0.6 is 11.3 Å². The number of benzene rings is 2. The SMILES string of the molecule is CS(=O)Cc1cccc(C(=O)NNC(=O)c2ccc(-c3ccc(F)cc3)s2)c1. The van der Waals surface area contributed by atoms with Crippen LogP contribution in [0, 0.1) is 5.82 Å². The second-order valence-corrected chi connectivity index (χ2v) is 8.52. The summed E-state index contributed by atoms with van der Waals surface area (Å²) in [6, 6.07) is 16.1. The standard InChI is InChI=1S/C20H17FN2O3S2/c1-28(26)12-13-3-2-4-15(11-13)19(24)22-23-20(25)18-10-9-17(27-18)14-5-7-16(21)8-6-14/h2-11H,12H2,1H3,(H,22,24)(H,23,25). The molecule has 0 saturated carbocycles. The summed E-state index contributed by atoms with van der Waals surface area (Å²) in [6.45, 7) is 0. The Morgan fingerprint density at radius 1 is 1.00 bits per heavy atom. The normalized spacial score (nSPS) is 11.6. The van der Waals surface area contributed by atoms with E-state index in [2.05, 4.69) is 10.9 Å². The summed E-state index contributed by atoms with van der Waals surface area (Å²) < 4.78 is 24.3. The van der Waals surface area contributed by atoms with Gasteiger partial charge in [0.2, 0.25) is 0 Å². The highest BCUT2D eigenvalue weighted by atomic mass is 32.2. The van der Waals surface area contributed by atoms with Crippen molar-refractivity contribution in [3.8, 4) is 10.4 Å². The van der Waals surface area contributed by atoms with Crippen molar-refractivity contribution in [2.24, 2.45) is 0 Å². The first-order chi connectivity index (χ1) is 13.4. The van der Waals surface area contributed by atoms with Crippen molar-refractivity contribution >= 4 is 34.0 Å². The van der Waals surface area contributed by atoms with Crippen LogP contribution in [0.2, 0.25) is 0 Å². The first kappa shape index (κ1) is 19.9. The summed E-state index contributed by atoms with van der Waals surface area (Å²) in [5, 5.41) is 0. The van der Waals surface area contributed by atoms with E-state index >= 15 is 0 Å². The zero-order valence-electron chi connectivity index (χ0n) is 14.9. The molecule has 0 aliphatic rings. The average Bonchev–Trinajstić information content (AvgIpc) is 3.16. The molecule has 28 heavy (non-hydrogen) atoms. The second-order valence-electron chi connectivity index (χ2n) is 6.00. The quantitative estimate of drug-likeness (QED) is 0.625. The van der Waals surface area contributed by atoms with Crippen molar-refractivity contribution in [3.63, 3.8) is 0 Å². The van der Waals surface area contributed by atoms with E-state index in [0.717, 1.165) is 16.0 Å². The van der Waals surface area contributed by atoms with Crippen LogP contribution in [0.4, 0.5) is 4.39 Å². The predicted molar refractivity (Wildman–Crippen MR) is 109 cm³/mol. The molecule has 2 N–H and O–H groups in total. The molecule has 0 saturated heterocycles. The molecule has 1 heterocycles. The van der Waals surface area contributed by atoms with Gasteiger partial charge in [-0.2, -0.15) is 0 Å². The zero-order valence-corrected chi connectivity index (χ0v) is 16.5. The van der Waals surface area contributed by atoms with Crippen LogP contribution in [0.5, 0.6) is 0 Å². The molecule has 0 fully saturated rings. The van der Waals surface area contributed by atoms with Gasteiger partial charge in [-0.1, -0.05) is 24.3 Å². The van der Waals surface area contributed by atoms with Gasteiger partial charge in [0.05, 0.1) is 4.88 Å². The third-order valence-corrected chi connectivity index (χ3v) is 5.68. The first-order valence-corrected chi connectivity index (χ1v) is 10.8. The van der Waals surface area contributed by atoms with Crippen molar-refractivity contribution in [2.75, 3.05) is 6.26 Å². The highest BCUT2D eigenvalue weighted by molar-refractivity contribution is 7.83. The maximum Gasteiger partial charge on any atom is 0.279 e. The van der Waals surface area contributed by atoms with Crippen LogP contribution in [0.15, 0.2) is 60.7 Å². The number of rotatable bonds is 5. The Morgan fingerprint density at radius 3 is 2.43 bits per heavy atom. The number of amides is 2. The van der Waals surface area contributed by atoms with Crippen molar-refractivity contribution in [3.05, 3.63) is 82.5 Å². The van der Waals surface area contributed by atoms with Gasteiger partial charge in [0, 0.05) is 33.2 Å². The fourth-order valence-electron chi connectivity index (χ4n) is 2.51. The summed E-state index contributed by atoms with van der Waals surface area (Å²) in [5.74, 6) is -0.880. The Balaban J connectivity index is 1.62. The van der Waals surface area contributed by atoms with Gasteiger partial charge in [-0.15, -0.1) is 11.3 Å². The van der Waals surface area contributed by atoms with E-state index in [4.69, 9.17) is 0 Å². The maximum atomic E-state index is 13.0. The molecular formula is C20H17FN2O3S2. The van der Waals surface area contributed by atoms with Gasteiger partial charge in [0.15, 0.2) is 0 Å². The number of hydrazine groups is 1. The number of carbonyl (C=O) groups is 2. The van der Waals surface area contributed by atoms with E-state index in [0.29, 0.717) is 16.2 Å². The lowest BCUT2D eigenvalue weighted by molar-refractivity contribution is 0.0849. The summed E-state index contributed by atoms with van der Waals surface area (Å²) >= 11 is 1.24. The molecule has 0 aliphatic carbocycles. The fraction of sp³-hybridized carbons (Fsp3) is 0.100. The molecule has 144 valence electrons. The van der Waals surface area contributed by atoms with Gasteiger partial charge in [-0.25, -0.2) is 4.39 Å². The third-order valence-electron chi connectivity index (χ3n) is 3.81. The number of hydrogen-bond donors (Lipinski definition) is 2. The molecule has 1 atom stereocenters. The Hall–Kier alpha value is -2.84. The molecule has 5 nitrogen and oxygen atoms in total. The molecule has 3 rings (SSSR count). The molecule has 0 aliphatic heterocycles. The van der Waals surface area contributed by atoms with Crippen molar-refractivity contribution in [1.29, 1.82) is 0 Å². The predicted octanol–water partition coefficient (Wildman–Crippen LogP) is 3.51. The van der Waals surface area contributed by atoms with Crippen LogP contribution in [0.1, 0.15) is 25.6 Å². The van der Waals surface area contributed by atoms with E-state index in [1.165, 1.54) is 23.5 Å². The summed E-state index contributed by atoms with van der Waals surface area (Å²) in [7, 11) is -1.01. The van der Waals surface area contributed by atoms with E-state index in [1.807, 2.05) is 0 Å². The molecule has 1 aromatic heterocycles. The number of halogens is 1. The fourth-order valence-corrected chi connectivity index (χ4v) is 4.07. The Morgan fingerprint density at radius 2 is 1.71 bits per heavy atom. The average molecular weight is 416 g/mol. The van der Waals surface area contributed by atoms with Gasteiger partial charge in [0.1, 0.15) is 5.82 Å². The molecule has 2 amide bonds. The maximum absolute atomic E-state index is 13.0. The molecule has 0 spiro atoms. The lowest BCUT2D eigenvalue weighted by Crippen LogP contribution is -2.41. The van der Waals surface area contributed by atoms with Gasteiger partial charge < -0.3 is 0 Å². The Labute approximate surface area is 168 Å². The molecular weight excluding hydrogens is 399 g/mol. The molecule has 1 unspecified atom stereocenters. The lowest BCUT2D eigenvalue weighted by atomic mass is 10.1. The van der Waals surface area contributed by atoms with Gasteiger partial charge >= 0.3 is 0 Å². The van der Waals surface area contributed by atoms with Gasteiger partial charge in [-0.3, -0.25) is 24.6 Å². The van der Waals surface area contributed by atoms with Crippen LogP contribution in [-0.4, -0.2) is 22.3 Å². The topological polar surface area (TPSA) is 75.3 Å². The third kappa shape index (κ3) is 5.11. The van der Waals surface area contributed by atoms with Gasteiger partial charge in [-0.05, 0) is 47.5 Å². The number of thiophene rings is 1. The molecule has 0 radical (unpaired) electrons. The van der Waals surface area contributed by atoms with Gasteiger partial charge in [0.25, 0.3) is 11.8 Å². The summed E-state index contributed by atoms with van der Waals surface area (Å²) in [4.78, 5) is 25.7. The number of nitrogens with one attached hydrogen (secondary N) is 2. The highest BCUT2D eigenvalue weighted by Gasteiger charge is 2.13. The van der Waals surface area contributed by atoms with E-state index in [9.17, 15) is 18.2 Å². The van der Waals surface area contributed by atoms with E-state index in [-0.39, 0.29) is 5.82 Å². The van der Waals surface area contributed by atoms with Crippen molar-refractivity contribution < 1.29 is 18.2 Å². The van der Waals surface area contributed by atoms with Crippen molar-refractivity contribution in [2.45, 2.75) is 5.75 Å².